The van der Waals surface area contributed by atoms with E-state index in [-0.39, 0.29) is 30.5 Å². The molecule has 0 aliphatic carbocycles. The number of aliphatic imine (C=N–C) groups is 1. The van der Waals surface area contributed by atoms with Crippen LogP contribution in [0, 0.1) is 0 Å². The van der Waals surface area contributed by atoms with Crippen molar-refractivity contribution in [2.75, 3.05) is 13.1 Å². The number of nitrogens with one attached hydrogen (secondary N) is 1. The van der Waals surface area contributed by atoms with Gasteiger partial charge in [-0.25, -0.2) is 4.99 Å². The van der Waals surface area contributed by atoms with Crippen molar-refractivity contribution in [1.82, 2.24) is 5.32 Å². The number of furan rings is 1. The number of rotatable bonds is 8. The lowest BCUT2D eigenvalue weighted by atomic mass is 10.0. The number of halogens is 1. The summed E-state index contributed by atoms with van der Waals surface area (Å²) in [5.74, 6) is 0.857. The quantitative estimate of drug-likeness (QED) is 0.274. The molecule has 0 aromatic carbocycles. The molecule has 1 atom stereocenters. The van der Waals surface area contributed by atoms with E-state index in [0.717, 1.165) is 13.0 Å². The highest BCUT2D eigenvalue weighted by Gasteiger charge is 2.25. The largest absolute Gasteiger partial charge is 0.466 e. The lowest BCUT2D eigenvalue weighted by molar-refractivity contribution is 0.0437. The molecule has 0 aliphatic heterocycles. The molecular weight excluding hydrogens is 369 g/mol. The molecular formula is C14H26IN3O2. The maximum atomic E-state index is 10.2. The van der Waals surface area contributed by atoms with Crippen LogP contribution in [-0.2, 0) is 5.60 Å². The van der Waals surface area contributed by atoms with Gasteiger partial charge >= 0.3 is 0 Å². The molecule has 0 radical (unpaired) electrons. The van der Waals surface area contributed by atoms with Crippen LogP contribution >= 0.6 is 24.0 Å². The number of hydrogen-bond donors (Lipinski definition) is 3. The van der Waals surface area contributed by atoms with Crippen molar-refractivity contribution in [2.45, 2.75) is 45.1 Å². The topological polar surface area (TPSA) is 83.8 Å². The van der Waals surface area contributed by atoms with Crippen LogP contribution in [0.1, 0.15) is 45.3 Å². The molecule has 116 valence electrons. The van der Waals surface area contributed by atoms with Gasteiger partial charge in [0.25, 0.3) is 0 Å². The van der Waals surface area contributed by atoms with E-state index in [4.69, 9.17) is 10.2 Å². The van der Waals surface area contributed by atoms with Crippen LogP contribution in [0.4, 0.5) is 0 Å². The number of hydrogen-bond acceptors (Lipinski definition) is 3. The molecule has 20 heavy (non-hydrogen) atoms. The first kappa shape index (κ1) is 19.2. The number of unbranched alkanes of at least 4 members (excludes halogenated alkanes) is 3. The summed E-state index contributed by atoms with van der Waals surface area (Å²) in [6, 6.07) is 3.47. The van der Waals surface area contributed by atoms with E-state index in [0.29, 0.717) is 11.7 Å². The third-order valence-corrected chi connectivity index (χ3v) is 2.95. The number of aliphatic hydroxyl groups is 1. The predicted octanol–water partition coefficient (Wildman–Crippen LogP) is 2.59. The van der Waals surface area contributed by atoms with Crippen LogP contribution in [0.15, 0.2) is 27.8 Å². The van der Waals surface area contributed by atoms with Crippen molar-refractivity contribution in [1.29, 1.82) is 0 Å². The molecule has 0 amide bonds. The zero-order chi connectivity index (χ0) is 14.1. The Morgan fingerprint density at radius 1 is 1.45 bits per heavy atom. The van der Waals surface area contributed by atoms with Crippen LogP contribution in [0.2, 0.25) is 0 Å². The lowest BCUT2D eigenvalue weighted by Gasteiger charge is -2.18. The summed E-state index contributed by atoms with van der Waals surface area (Å²) in [5.41, 5.74) is 4.62. The summed E-state index contributed by atoms with van der Waals surface area (Å²) in [7, 11) is 0. The van der Waals surface area contributed by atoms with Gasteiger partial charge in [0.2, 0.25) is 0 Å². The van der Waals surface area contributed by atoms with Gasteiger partial charge in [-0.1, -0.05) is 26.2 Å². The average molecular weight is 395 g/mol. The van der Waals surface area contributed by atoms with Gasteiger partial charge in [0.1, 0.15) is 11.4 Å². The normalized spacial score (nSPS) is 14.4. The first-order valence-corrected chi connectivity index (χ1v) is 6.86. The summed E-state index contributed by atoms with van der Waals surface area (Å²) < 4.78 is 5.18. The Bertz CT molecular complexity index is 378. The Morgan fingerprint density at radius 3 is 2.80 bits per heavy atom. The standard InChI is InChI=1S/C14H25N3O2.HI/c1-3-4-5-6-9-16-13(15)17-11-14(2,18)12-8-7-10-19-12;/h7-8,10,18H,3-6,9,11H2,1-2H3,(H3,15,16,17);1H. The van der Waals surface area contributed by atoms with E-state index < -0.39 is 5.60 Å². The fourth-order valence-corrected chi connectivity index (χ4v) is 1.73. The van der Waals surface area contributed by atoms with Gasteiger partial charge in [-0.05, 0) is 25.5 Å². The molecule has 5 nitrogen and oxygen atoms in total. The van der Waals surface area contributed by atoms with E-state index in [1.165, 1.54) is 25.5 Å². The number of nitrogens with two attached hydrogens (primary N) is 1. The summed E-state index contributed by atoms with van der Waals surface area (Å²) in [6.45, 7) is 4.83. The van der Waals surface area contributed by atoms with Gasteiger partial charge in [-0.3, -0.25) is 0 Å². The Hall–Kier alpha value is -0.760. The van der Waals surface area contributed by atoms with Crippen molar-refractivity contribution in [3.8, 4) is 0 Å². The van der Waals surface area contributed by atoms with Crippen LogP contribution < -0.4 is 11.1 Å². The second-order valence-corrected chi connectivity index (χ2v) is 4.94. The summed E-state index contributed by atoms with van der Waals surface area (Å²) in [5, 5.41) is 13.2. The van der Waals surface area contributed by atoms with Gasteiger partial charge in [0.05, 0.1) is 12.8 Å². The summed E-state index contributed by atoms with van der Waals surface area (Å²) in [4.78, 5) is 4.14. The summed E-state index contributed by atoms with van der Waals surface area (Å²) >= 11 is 0. The van der Waals surface area contributed by atoms with Gasteiger partial charge in [0, 0.05) is 6.54 Å². The van der Waals surface area contributed by atoms with E-state index in [2.05, 4.69) is 17.2 Å². The molecule has 0 saturated carbocycles. The van der Waals surface area contributed by atoms with E-state index in [1.807, 2.05) is 0 Å². The number of nitrogens with zero attached hydrogens (tertiary/aromatic N) is 1. The maximum absolute atomic E-state index is 10.2. The molecule has 4 N–H and O–H groups in total. The maximum Gasteiger partial charge on any atom is 0.188 e. The molecule has 1 unspecified atom stereocenters. The Kier molecular flexibility index (Phi) is 9.66. The van der Waals surface area contributed by atoms with Crippen LogP contribution in [-0.4, -0.2) is 24.2 Å². The minimum atomic E-state index is -1.13. The molecule has 0 aliphatic rings. The molecule has 0 saturated heterocycles. The van der Waals surface area contributed by atoms with Gasteiger partial charge < -0.3 is 20.6 Å². The van der Waals surface area contributed by atoms with Crippen molar-refractivity contribution < 1.29 is 9.52 Å². The average Bonchev–Trinajstić information content (AvgIpc) is 2.91. The summed E-state index contributed by atoms with van der Waals surface area (Å²) in [6.07, 6.45) is 6.27. The van der Waals surface area contributed by atoms with E-state index in [9.17, 15) is 5.11 Å². The smallest absolute Gasteiger partial charge is 0.188 e. The fraction of sp³-hybridized carbons (Fsp3) is 0.643. The molecule has 0 spiro atoms. The van der Waals surface area contributed by atoms with Crippen molar-refractivity contribution in [3.05, 3.63) is 24.2 Å². The minimum absolute atomic E-state index is 0. The Labute approximate surface area is 138 Å². The third-order valence-electron chi connectivity index (χ3n) is 2.95. The molecule has 6 heteroatoms. The van der Waals surface area contributed by atoms with Gasteiger partial charge in [-0.15, -0.1) is 24.0 Å². The zero-order valence-electron chi connectivity index (χ0n) is 12.3. The number of guanidine groups is 1. The molecule has 1 rings (SSSR count). The Balaban J connectivity index is 0.00000361. The third kappa shape index (κ3) is 7.14. The van der Waals surface area contributed by atoms with E-state index >= 15 is 0 Å². The highest BCUT2D eigenvalue weighted by molar-refractivity contribution is 14.0. The Morgan fingerprint density at radius 2 is 2.20 bits per heavy atom. The SMILES string of the molecule is CCCCCCNC(N)=NCC(C)(O)c1ccco1.I. The van der Waals surface area contributed by atoms with Crippen LogP contribution in [0.25, 0.3) is 0 Å². The lowest BCUT2D eigenvalue weighted by Crippen LogP contribution is -2.34. The van der Waals surface area contributed by atoms with Crippen LogP contribution in [0.5, 0.6) is 0 Å². The second-order valence-electron chi connectivity index (χ2n) is 4.94. The van der Waals surface area contributed by atoms with Crippen molar-refractivity contribution in [3.63, 3.8) is 0 Å². The fourth-order valence-electron chi connectivity index (χ4n) is 1.73. The second kappa shape index (κ2) is 10.0. The van der Waals surface area contributed by atoms with Crippen molar-refractivity contribution in [2.24, 2.45) is 10.7 Å². The highest BCUT2D eigenvalue weighted by atomic mass is 127. The predicted molar refractivity (Wildman–Crippen MR) is 92.3 cm³/mol. The van der Waals surface area contributed by atoms with Crippen LogP contribution in [0.3, 0.4) is 0 Å². The first-order valence-electron chi connectivity index (χ1n) is 6.86. The molecule has 1 heterocycles. The first-order chi connectivity index (χ1) is 9.06. The van der Waals surface area contributed by atoms with E-state index in [1.54, 1.807) is 19.1 Å². The highest BCUT2D eigenvalue weighted by Crippen LogP contribution is 2.20. The molecule has 0 bridgehead atoms. The molecule has 0 fully saturated rings. The van der Waals surface area contributed by atoms with Crippen molar-refractivity contribution >= 4 is 29.9 Å². The molecule has 1 aromatic heterocycles. The van der Waals surface area contributed by atoms with Gasteiger partial charge in [-0.2, -0.15) is 0 Å². The molecule has 1 aromatic rings. The monoisotopic (exact) mass is 395 g/mol. The van der Waals surface area contributed by atoms with Gasteiger partial charge in [0.15, 0.2) is 5.96 Å². The minimum Gasteiger partial charge on any atom is -0.466 e. The zero-order valence-corrected chi connectivity index (χ0v) is 14.6.